The maximum Gasteiger partial charge on any atom is 0.238 e. The molecule has 0 bridgehead atoms. The first kappa shape index (κ1) is 19.3. The van der Waals surface area contributed by atoms with E-state index in [2.05, 4.69) is 32.2 Å². The molecule has 2 aromatic rings. The van der Waals surface area contributed by atoms with Crippen molar-refractivity contribution in [3.63, 3.8) is 0 Å². The number of nitrogens with zero attached hydrogens (tertiary/aromatic N) is 1. The number of carbonyl (C=O) groups excluding carboxylic acids is 1. The Bertz CT molecular complexity index is 1070. The number of amidine groups is 1. The number of hydrogen-bond acceptors (Lipinski definition) is 8. The van der Waals surface area contributed by atoms with Crippen LogP contribution < -0.4 is 32.3 Å². The van der Waals surface area contributed by atoms with Crippen molar-refractivity contribution in [1.82, 2.24) is 27.1 Å². The summed E-state index contributed by atoms with van der Waals surface area (Å²) >= 11 is 0. The Balaban J connectivity index is 1.63. The topological polar surface area (TPSA) is 150 Å². The van der Waals surface area contributed by atoms with Crippen molar-refractivity contribution in [3.8, 4) is 11.1 Å². The van der Waals surface area contributed by atoms with Crippen LogP contribution in [-0.4, -0.2) is 32.7 Å². The standard InChI is InChI=1S/C18H21N7O3S/c19-29(27,28)15-3-1-2-13(16(15)17-22-24-25-23-17)12-6-4-11(5-7-12)10-21-14-8-9-20-18(14)26/h1-7,14,21,24-25H,8-10H2,(H,20,26)(H,22,23)(H2,19,27,28). The Kier molecular flexibility index (Phi) is 5.20. The molecule has 2 aliphatic rings. The zero-order valence-electron chi connectivity index (χ0n) is 15.4. The number of nitrogens with two attached hydrogens (primary N) is 1. The summed E-state index contributed by atoms with van der Waals surface area (Å²) in [6.07, 6.45) is 0.776. The van der Waals surface area contributed by atoms with Crippen molar-refractivity contribution in [3.05, 3.63) is 53.6 Å². The van der Waals surface area contributed by atoms with Gasteiger partial charge in [0.25, 0.3) is 0 Å². The van der Waals surface area contributed by atoms with Crippen molar-refractivity contribution in [1.29, 1.82) is 0 Å². The number of hydrogen-bond donors (Lipinski definition) is 6. The Morgan fingerprint density at radius 2 is 1.97 bits per heavy atom. The Morgan fingerprint density at radius 3 is 2.59 bits per heavy atom. The maximum atomic E-state index is 12.1. The number of hydrazone groups is 1. The van der Waals surface area contributed by atoms with Crippen LogP contribution >= 0.6 is 0 Å². The molecule has 7 N–H and O–H groups in total. The number of rotatable bonds is 6. The number of sulfonamides is 1. The van der Waals surface area contributed by atoms with Crippen LogP contribution in [0, 0.1) is 0 Å². The van der Waals surface area contributed by atoms with Gasteiger partial charge in [0.1, 0.15) is 0 Å². The van der Waals surface area contributed by atoms with Crippen molar-refractivity contribution < 1.29 is 13.2 Å². The number of hydrazine groups is 2. The molecule has 2 aromatic carbocycles. The molecular formula is C18H21N7O3S. The van der Waals surface area contributed by atoms with Gasteiger partial charge in [0.05, 0.1) is 10.9 Å². The van der Waals surface area contributed by atoms with Gasteiger partial charge in [-0.1, -0.05) is 36.4 Å². The minimum absolute atomic E-state index is 0.0234. The average molecular weight is 415 g/mol. The quantitative estimate of drug-likeness (QED) is 0.363. The van der Waals surface area contributed by atoms with Gasteiger partial charge in [0, 0.05) is 18.7 Å². The molecule has 1 fully saturated rings. The van der Waals surface area contributed by atoms with Gasteiger partial charge in [-0.3, -0.25) is 10.2 Å². The predicted molar refractivity (Wildman–Crippen MR) is 107 cm³/mol. The maximum absolute atomic E-state index is 12.1. The number of primary sulfonamides is 1. The lowest BCUT2D eigenvalue weighted by molar-refractivity contribution is -0.120. The number of nitrogens with one attached hydrogen (secondary N) is 5. The third-order valence-corrected chi connectivity index (χ3v) is 5.79. The second-order valence-electron chi connectivity index (χ2n) is 6.76. The third kappa shape index (κ3) is 4.07. The first-order chi connectivity index (χ1) is 13.9. The molecule has 0 saturated carbocycles. The largest absolute Gasteiger partial charge is 0.355 e. The molecular weight excluding hydrogens is 394 g/mol. The molecule has 1 unspecified atom stereocenters. The molecule has 0 radical (unpaired) electrons. The molecule has 1 saturated heterocycles. The summed E-state index contributed by atoms with van der Waals surface area (Å²) in [5.74, 6) is 0.348. The number of carbonyl (C=O) groups is 1. The SMILES string of the molecule is NS(=O)(=O)c1cccc(-c2ccc(CNC3CCNC3=O)cc2)c1C1=NNNN1. The van der Waals surface area contributed by atoms with E-state index in [1.807, 2.05) is 30.3 Å². The van der Waals surface area contributed by atoms with Crippen LogP contribution in [-0.2, 0) is 21.4 Å². The third-order valence-electron chi connectivity index (χ3n) is 4.84. The van der Waals surface area contributed by atoms with Crippen LogP contribution in [0.4, 0.5) is 0 Å². The van der Waals surface area contributed by atoms with Gasteiger partial charge in [-0.25, -0.2) is 19.1 Å². The van der Waals surface area contributed by atoms with Crippen LogP contribution in [0.5, 0.6) is 0 Å². The van der Waals surface area contributed by atoms with E-state index < -0.39 is 10.0 Å². The highest BCUT2D eigenvalue weighted by Gasteiger charge is 2.24. The molecule has 29 heavy (non-hydrogen) atoms. The summed E-state index contributed by atoms with van der Waals surface area (Å²) < 4.78 is 24.2. The van der Waals surface area contributed by atoms with Crippen LogP contribution in [0.15, 0.2) is 52.5 Å². The molecule has 0 spiro atoms. The van der Waals surface area contributed by atoms with Gasteiger partial charge in [0.15, 0.2) is 5.84 Å². The molecule has 0 aliphatic carbocycles. The summed E-state index contributed by atoms with van der Waals surface area (Å²) in [5.41, 5.74) is 10.8. The Labute approximate surface area is 167 Å². The van der Waals surface area contributed by atoms with E-state index in [-0.39, 0.29) is 16.8 Å². The smallest absolute Gasteiger partial charge is 0.238 e. The van der Waals surface area contributed by atoms with E-state index >= 15 is 0 Å². The summed E-state index contributed by atoms with van der Waals surface area (Å²) in [6.45, 7) is 1.25. The van der Waals surface area contributed by atoms with Crippen molar-refractivity contribution in [2.75, 3.05) is 6.54 Å². The zero-order chi connectivity index (χ0) is 20.4. The molecule has 2 aliphatic heterocycles. The van der Waals surface area contributed by atoms with Crippen molar-refractivity contribution >= 4 is 21.8 Å². The zero-order valence-corrected chi connectivity index (χ0v) is 16.2. The fourth-order valence-corrected chi connectivity index (χ4v) is 4.16. The highest BCUT2D eigenvalue weighted by Crippen LogP contribution is 2.29. The van der Waals surface area contributed by atoms with E-state index in [9.17, 15) is 13.2 Å². The summed E-state index contributed by atoms with van der Waals surface area (Å²) in [7, 11) is -3.96. The lowest BCUT2D eigenvalue weighted by Crippen LogP contribution is -2.36. The minimum atomic E-state index is -3.96. The van der Waals surface area contributed by atoms with E-state index in [1.54, 1.807) is 6.07 Å². The highest BCUT2D eigenvalue weighted by molar-refractivity contribution is 7.89. The van der Waals surface area contributed by atoms with Gasteiger partial charge in [-0.2, -0.15) is 0 Å². The molecule has 1 amide bonds. The Hall–Kier alpha value is -2.99. The number of amides is 1. The molecule has 1 atom stereocenters. The molecule has 4 rings (SSSR count). The normalized spacial score (nSPS) is 18.7. The lowest BCUT2D eigenvalue weighted by atomic mass is 9.98. The predicted octanol–water partition coefficient (Wildman–Crippen LogP) is -0.747. The van der Waals surface area contributed by atoms with E-state index in [0.29, 0.717) is 30.1 Å². The van der Waals surface area contributed by atoms with Gasteiger partial charge in [-0.15, -0.1) is 10.6 Å². The Morgan fingerprint density at radius 1 is 1.17 bits per heavy atom. The first-order valence-corrected chi connectivity index (χ1v) is 10.6. The van der Waals surface area contributed by atoms with Gasteiger partial charge < -0.3 is 10.6 Å². The highest BCUT2D eigenvalue weighted by atomic mass is 32.2. The minimum Gasteiger partial charge on any atom is -0.355 e. The van der Waals surface area contributed by atoms with Crippen molar-refractivity contribution in [2.45, 2.75) is 23.9 Å². The van der Waals surface area contributed by atoms with Crippen LogP contribution in [0.2, 0.25) is 0 Å². The average Bonchev–Trinajstić information content (AvgIpc) is 3.37. The van der Waals surface area contributed by atoms with Crippen LogP contribution in [0.3, 0.4) is 0 Å². The molecule has 11 heteroatoms. The molecule has 2 heterocycles. The van der Waals surface area contributed by atoms with E-state index in [4.69, 9.17) is 5.14 Å². The number of benzene rings is 2. The first-order valence-electron chi connectivity index (χ1n) is 9.04. The van der Waals surface area contributed by atoms with Crippen LogP contribution in [0.1, 0.15) is 17.5 Å². The van der Waals surface area contributed by atoms with Gasteiger partial charge in [0.2, 0.25) is 15.9 Å². The fourth-order valence-electron chi connectivity index (χ4n) is 3.40. The van der Waals surface area contributed by atoms with E-state index in [0.717, 1.165) is 17.5 Å². The molecule has 0 aromatic heterocycles. The summed E-state index contributed by atoms with van der Waals surface area (Å²) in [5, 5.41) is 15.5. The summed E-state index contributed by atoms with van der Waals surface area (Å²) in [6, 6.07) is 12.4. The van der Waals surface area contributed by atoms with Crippen LogP contribution in [0.25, 0.3) is 11.1 Å². The second kappa shape index (κ2) is 7.79. The van der Waals surface area contributed by atoms with Crippen molar-refractivity contribution in [2.24, 2.45) is 10.2 Å². The van der Waals surface area contributed by atoms with Gasteiger partial charge >= 0.3 is 0 Å². The van der Waals surface area contributed by atoms with Gasteiger partial charge in [-0.05, 0) is 29.2 Å². The fraction of sp³-hybridized carbons (Fsp3) is 0.222. The van der Waals surface area contributed by atoms with E-state index in [1.165, 1.54) is 6.07 Å². The second-order valence-corrected chi connectivity index (χ2v) is 8.29. The molecule has 10 nitrogen and oxygen atoms in total. The lowest BCUT2D eigenvalue weighted by Gasteiger charge is -2.14. The summed E-state index contributed by atoms with van der Waals surface area (Å²) in [4.78, 5) is 11.6. The monoisotopic (exact) mass is 415 g/mol. The molecule has 152 valence electrons.